The van der Waals surface area contributed by atoms with Gasteiger partial charge in [0.25, 0.3) is 0 Å². The van der Waals surface area contributed by atoms with Crippen molar-refractivity contribution in [1.29, 1.82) is 0 Å². The lowest BCUT2D eigenvalue weighted by molar-refractivity contribution is -0.870. The molecule has 0 aromatic heterocycles. The monoisotopic (exact) mass is 424 g/mol. The van der Waals surface area contributed by atoms with Gasteiger partial charge in [-0.1, -0.05) is 38.7 Å². The molecule has 0 aliphatic heterocycles. The second kappa shape index (κ2) is 16.1. The maximum atomic E-state index is 11.7. The number of nitrogens with zero attached hydrogens (tertiary/aromatic N) is 1. The van der Waals surface area contributed by atoms with E-state index in [0.29, 0.717) is 24.2 Å². The molecule has 0 spiro atoms. The average molecular weight is 424 g/mol. The number of hydrogen-bond donors (Lipinski definition) is 1. The van der Waals surface area contributed by atoms with E-state index in [1.807, 2.05) is 21.1 Å². The van der Waals surface area contributed by atoms with Crippen molar-refractivity contribution in [2.45, 2.75) is 44.9 Å². The van der Waals surface area contributed by atoms with Crippen molar-refractivity contribution in [3.8, 4) is 0 Å². The Morgan fingerprint density at radius 1 is 0.893 bits per heavy atom. The third-order valence-electron chi connectivity index (χ3n) is 3.84. The van der Waals surface area contributed by atoms with E-state index in [1.54, 1.807) is 0 Å². The Morgan fingerprint density at radius 3 is 2.00 bits per heavy atom. The fraction of sp³-hybridized carbons (Fsp3) is 0.842. The highest BCUT2D eigenvalue weighted by Crippen LogP contribution is 2.43. The van der Waals surface area contributed by atoms with Crippen LogP contribution >= 0.6 is 7.82 Å². The molecule has 0 aromatic rings. The summed E-state index contributed by atoms with van der Waals surface area (Å²) in [5.41, 5.74) is 0. The molecule has 1 atom stereocenters. The molecule has 0 fully saturated rings. The third-order valence-corrected chi connectivity index (χ3v) is 4.86. The molecular formula is C19H39NO7P+. The van der Waals surface area contributed by atoms with Crippen LogP contribution in [0.1, 0.15) is 44.9 Å². The van der Waals surface area contributed by atoms with E-state index in [-0.39, 0.29) is 19.8 Å². The molecule has 0 heterocycles. The second-order valence-electron chi connectivity index (χ2n) is 7.61. The number of carbonyl (C=O) groups is 1. The van der Waals surface area contributed by atoms with Gasteiger partial charge in [0.1, 0.15) is 19.8 Å². The van der Waals surface area contributed by atoms with Crippen molar-refractivity contribution in [2.24, 2.45) is 0 Å². The number of ether oxygens (including phenoxy) is 2. The van der Waals surface area contributed by atoms with E-state index >= 15 is 0 Å². The molecule has 0 aliphatic carbocycles. The molecule has 0 saturated heterocycles. The summed E-state index contributed by atoms with van der Waals surface area (Å²) in [6.07, 6.45) is 8.23. The largest absolute Gasteiger partial charge is 0.472 e. The highest BCUT2D eigenvalue weighted by Gasteiger charge is 2.21. The van der Waals surface area contributed by atoms with E-state index in [2.05, 4.69) is 6.58 Å². The van der Waals surface area contributed by atoms with Gasteiger partial charge >= 0.3 is 13.8 Å². The van der Waals surface area contributed by atoms with Crippen molar-refractivity contribution in [3.05, 3.63) is 12.7 Å². The molecule has 0 aliphatic rings. The molecule has 0 rings (SSSR count). The van der Waals surface area contributed by atoms with Crippen molar-refractivity contribution in [1.82, 2.24) is 0 Å². The Kier molecular flexibility index (Phi) is 15.6. The third kappa shape index (κ3) is 20.0. The number of likely N-dealkylation sites (N-methyl/N-ethyl adjacent to an activating group) is 1. The molecule has 1 N–H and O–H groups in total. The SMILES string of the molecule is C=CC(=O)OCCOCCCCCCCCCOP(=O)(O)OCC[N+](C)(C)C. The first-order valence-corrected chi connectivity index (χ1v) is 11.4. The Balaban J connectivity index is 3.36. The smallest absolute Gasteiger partial charge is 0.460 e. The number of esters is 1. The number of carbonyl (C=O) groups excluding carboxylic acids is 1. The lowest BCUT2D eigenvalue weighted by atomic mass is 10.1. The van der Waals surface area contributed by atoms with Gasteiger partial charge in [0, 0.05) is 12.7 Å². The van der Waals surface area contributed by atoms with Crippen LogP contribution in [0, 0.1) is 0 Å². The molecule has 28 heavy (non-hydrogen) atoms. The predicted molar refractivity (Wildman–Crippen MR) is 109 cm³/mol. The van der Waals surface area contributed by atoms with Gasteiger partial charge in [-0.05, 0) is 12.8 Å². The first kappa shape index (κ1) is 27.2. The standard InChI is InChI=1S/C19H38NO7P/c1-5-19(21)25-18-17-24-14-11-9-7-6-8-10-12-15-26-28(22,23)27-16-13-20(2,3)4/h5H,1,6-18H2,2-4H3/p+1. The summed E-state index contributed by atoms with van der Waals surface area (Å²) in [6.45, 7) is 5.73. The predicted octanol–water partition coefficient (Wildman–Crippen LogP) is 3.30. The highest BCUT2D eigenvalue weighted by atomic mass is 31.2. The Bertz CT molecular complexity index is 466. The van der Waals surface area contributed by atoms with Crippen LogP contribution in [0.3, 0.4) is 0 Å². The quantitative estimate of drug-likeness (QED) is 0.112. The summed E-state index contributed by atoms with van der Waals surface area (Å²) in [5, 5.41) is 0. The minimum Gasteiger partial charge on any atom is -0.460 e. The summed E-state index contributed by atoms with van der Waals surface area (Å²) >= 11 is 0. The van der Waals surface area contributed by atoms with Crippen molar-refractivity contribution < 1.29 is 37.3 Å². The van der Waals surface area contributed by atoms with Crippen LogP contribution in [0.4, 0.5) is 0 Å². The van der Waals surface area contributed by atoms with Crippen LogP contribution in [0.25, 0.3) is 0 Å². The fourth-order valence-electron chi connectivity index (χ4n) is 2.20. The lowest BCUT2D eigenvalue weighted by Gasteiger charge is -2.24. The van der Waals surface area contributed by atoms with Gasteiger partial charge in [-0.25, -0.2) is 9.36 Å². The summed E-state index contributed by atoms with van der Waals surface area (Å²) in [7, 11) is 2.04. The van der Waals surface area contributed by atoms with Crippen molar-refractivity contribution in [2.75, 3.05) is 60.7 Å². The number of quaternary nitrogens is 1. The molecule has 9 heteroatoms. The van der Waals surface area contributed by atoms with E-state index in [0.717, 1.165) is 51.0 Å². The summed E-state index contributed by atoms with van der Waals surface area (Å²) in [5.74, 6) is -0.428. The zero-order valence-electron chi connectivity index (χ0n) is 17.8. The summed E-state index contributed by atoms with van der Waals surface area (Å²) < 4.78 is 32.5. The van der Waals surface area contributed by atoms with E-state index in [1.165, 1.54) is 0 Å². The maximum absolute atomic E-state index is 11.7. The van der Waals surface area contributed by atoms with Gasteiger partial charge in [0.15, 0.2) is 0 Å². The molecule has 166 valence electrons. The Morgan fingerprint density at radius 2 is 1.43 bits per heavy atom. The normalized spacial score (nSPS) is 13.9. The van der Waals surface area contributed by atoms with Crippen molar-refractivity contribution >= 4 is 13.8 Å². The van der Waals surface area contributed by atoms with Crippen LogP contribution < -0.4 is 0 Å². The summed E-state index contributed by atoms with van der Waals surface area (Å²) in [4.78, 5) is 20.4. The molecule has 8 nitrogen and oxygen atoms in total. The van der Waals surface area contributed by atoms with E-state index in [4.69, 9.17) is 18.5 Å². The Labute approximate surface area is 170 Å². The number of hydrogen-bond acceptors (Lipinski definition) is 6. The number of phosphoric acid groups is 1. The number of unbranched alkanes of at least 4 members (excludes halogenated alkanes) is 6. The summed E-state index contributed by atoms with van der Waals surface area (Å²) in [6, 6.07) is 0. The Hall–Kier alpha value is -0.760. The first-order valence-electron chi connectivity index (χ1n) is 9.95. The molecule has 0 amide bonds. The van der Waals surface area contributed by atoms with Gasteiger partial charge in [-0.15, -0.1) is 0 Å². The maximum Gasteiger partial charge on any atom is 0.472 e. The van der Waals surface area contributed by atoms with E-state index < -0.39 is 13.8 Å². The molecular weight excluding hydrogens is 385 g/mol. The molecule has 0 bridgehead atoms. The first-order chi connectivity index (χ1) is 13.2. The zero-order chi connectivity index (χ0) is 21.3. The topological polar surface area (TPSA) is 91.3 Å². The zero-order valence-corrected chi connectivity index (χ0v) is 18.7. The second-order valence-corrected chi connectivity index (χ2v) is 9.06. The van der Waals surface area contributed by atoms with Crippen LogP contribution in [-0.4, -0.2) is 76.1 Å². The minimum atomic E-state index is -3.92. The molecule has 1 unspecified atom stereocenters. The van der Waals surface area contributed by atoms with Crippen LogP contribution in [0.2, 0.25) is 0 Å². The van der Waals surface area contributed by atoms with Gasteiger partial charge in [0.2, 0.25) is 0 Å². The number of phosphoric ester groups is 1. The molecule has 0 saturated carbocycles. The molecule has 0 aromatic carbocycles. The van der Waals surface area contributed by atoms with Crippen LogP contribution in [0.15, 0.2) is 12.7 Å². The van der Waals surface area contributed by atoms with Gasteiger partial charge < -0.3 is 18.9 Å². The van der Waals surface area contributed by atoms with E-state index in [9.17, 15) is 14.3 Å². The fourth-order valence-corrected chi connectivity index (χ4v) is 2.95. The molecule has 0 radical (unpaired) electrons. The van der Waals surface area contributed by atoms with Crippen LogP contribution in [0.5, 0.6) is 0 Å². The minimum absolute atomic E-state index is 0.195. The van der Waals surface area contributed by atoms with Gasteiger partial charge in [-0.2, -0.15) is 0 Å². The highest BCUT2D eigenvalue weighted by molar-refractivity contribution is 7.47. The van der Waals surface area contributed by atoms with Gasteiger partial charge in [-0.3, -0.25) is 9.05 Å². The van der Waals surface area contributed by atoms with Gasteiger partial charge in [0.05, 0.1) is 34.4 Å². The number of rotatable bonds is 19. The average Bonchev–Trinajstić information content (AvgIpc) is 2.60. The van der Waals surface area contributed by atoms with Crippen LogP contribution in [-0.2, 0) is 27.9 Å². The lowest BCUT2D eigenvalue weighted by Crippen LogP contribution is -2.37. The van der Waals surface area contributed by atoms with Crippen molar-refractivity contribution in [3.63, 3.8) is 0 Å².